The van der Waals surface area contributed by atoms with E-state index in [0.717, 1.165) is 41.7 Å². The molecule has 5 nitrogen and oxygen atoms in total. The van der Waals surface area contributed by atoms with Gasteiger partial charge < -0.3 is 9.84 Å². The fourth-order valence-corrected chi connectivity index (χ4v) is 3.02. The maximum atomic E-state index is 9.62. The lowest BCUT2D eigenvalue weighted by Crippen LogP contribution is -2.28. The van der Waals surface area contributed by atoms with Gasteiger partial charge in [0.2, 0.25) is 5.88 Å². The zero-order chi connectivity index (χ0) is 19.9. The number of aryl methyl sites for hydroxylation is 1. The smallest absolute Gasteiger partial charge is 0.217 e. The van der Waals surface area contributed by atoms with Crippen LogP contribution in [-0.2, 0) is 0 Å². The summed E-state index contributed by atoms with van der Waals surface area (Å²) in [6.07, 6.45) is 3.74. The number of nitrogens with zero attached hydrogens (tertiary/aromatic N) is 3. The van der Waals surface area contributed by atoms with E-state index in [9.17, 15) is 5.11 Å². The number of hydrogen-bond donors (Lipinski definition) is 1. The normalized spacial score (nSPS) is 10.9. The molecule has 3 aromatic rings. The summed E-state index contributed by atoms with van der Waals surface area (Å²) in [6, 6.07) is 13.1. The number of aromatic hydroxyl groups is 1. The molecule has 0 aliphatic rings. The first-order chi connectivity index (χ1) is 13.6. The Balaban J connectivity index is 1.76. The van der Waals surface area contributed by atoms with E-state index in [0.29, 0.717) is 18.3 Å². The van der Waals surface area contributed by atoms with Gasteiger partial charge in [0, 0.05) is 37.0 Å². The molecule has 0 unspecified atom stereocenters. The Morgan fingerprint density at radius 2 is 1.71 bits per heavy atom. The Kier molecular flexibility index (Phi) is 6.40. The number of rotatable bonds is 9. The molecular weight excluding hydrogens is 350 g/mol. The zero-order valence-corrected chi connectivity index (χ0v) is 16.1. The van der Waals surface area contributed by atoms with Crippen molar-refractivity contribution in [1.82, 2.24) is 14.9 Å². The summed E-state index contributed by atoms with van der Waals surface area (Å²) in [4.78, 5) is 11.3. The number of phenols is 1. The van der Waals surface area contributed by atoms with Crippen LogP contribution in [0.5, 0.6) is 11.6 Å². The van der Waals surface area contributed by atoms with E-state index in [1.807, 2.05) is 49.4 Å². The molecule has 1 heterocycles. The second kappa shape index (κ2) is 9.15. The quantitative estimate of drug-likeness (QED) is 0.563. The first-order valence-electron chi connectivity index (χ1n) is 9.25. The molecule has 0 radical (unpaired) electrons. The molecule has 1 aromatic heterocycles. The van der Waals surface area contributed by atoms with Crippen molar-refractivity contribution in [3.05, 3.63) is 73.5 Å². The van der Waals surface area contributed by atoms with Crippen LogP contribution in [0.3, 0.4) is 0 Å². The van der Waals surface area contributed by atoms with Gasteiger partial charge in [0.25, 0.3) is 0 Å². The molecule has 5 heteroatoms. The molecule has 3 rings (SSSR count). The average Bonchev–Trinajstić information content (AvgIpc) is 2.67. The molecule has 0 amide bonds. The van der Waals surface area contributed by atoms with E-state index in [1.165, 1.54) is 0 Å². The minimum Gasteiger partial charge on any atom is -0.508 e. The third-order valence-electron chi connectivity index (χ3n) is 4.34. The third-order valence-corrected chi connectivity index (χ3v) is 4.34. The van der Waals surface area contributed by atoms with E-state index >= 15 is 0 Å². The first kappa shape index (κ1) is 19.6. The summed E-state index contributed by atoms with van der Waals surface area (Å²) in [5, 5.41) is 11.6. The molecule has 144 valence electrons. The number of phenolic OH excluding ortho intramolecular Hbond substituents is 1. The average molecular weight is 375 g/mol. The Bertz CT molecular complexity index is 975. The van der Waals surface area contributed by atoms with Gasteiger partial charge in [-0.05, 0) is 35.9 Å². The standard InChI is InChI=1S/C23H25N3O2/c1-4-10-26(11-5-2)12-13-28-22-14-17(3)24-23(25-22)20-7-6-19-16-21(27)9-8-18(19)15-20/h4-9,14-16,27H,1-2,10-13H2,3H3. The first-order valence-corrected chi connectivity index (χ1v) is 9.25. The van der Waals surface area contributed by atoms with Crippen LogP contribution >= 0.6 is 0 Å². The highest BCUT2D eigenvalue weighted by atomic mass is 16.5. The third kappa shape index (κ3) is 4.96. The highest BCUT2D eigenvalue weighted by Gasteiger charge is 2.08. The molecule has 0 aliphatic carbocycles. The predicted molar refractivity (Wildman–Crippen MR) is 114 cm³/mol. The van der Waals surface area contributed by atoms with Crippen LogP contribution in [0.15, 0.2) is 67.8 Å². The lowest BCUT2D eigenvalue weighted by molar-refractivity contribution is 0.230. The predicted octanol–water partition coefficient (Wildman–Crippen LogP) is 4.36. The van der Waals surface area contributed by atoms with E-state index in [-0.39, 0.29) is 5.75 Å². The molecular formula is C23H25N3O2. The van der Waals surface area contributed by atoms with Gasteiger partial charge >= 0.3 is 0 Å². The molecule has 0 aliphatic heterocycles. The van der Waals surface area contributed by atoms with Crippen LogP contribution in [0.4, 0.5) is 0 Å². The van der Waals surface area contributed by atoms with Crippen LogP contribution in [0.2, 0.25) is 0 Å². The number of benzene rings is 2. The van der Waals surface area contributed by atoms with Gasteiger partial charge in [-0.2, -0.15) is 4.98 Å². The van der Waals surface area contributed by atoms with Crippen LogP contribution in [0, 0.1) is 6.92 Å². The largest absolute Gasteiger partial charge is 0.508 e. The number of aromatic nitrogens is 2. The minimum atomic E-state index is 0.254. The molecule has 0 saturated carbocycles. The van der Waals surface area contributed by atoms with Gasteiger partial charge in [-0.1, -0.05) is 30.4 Å². The van der Waals surface area contributed by atoms with Crippen LogP contribution in [-0.4, -0.2) is 46.2 Å². The maximum Gasteiger partial charge on any atom is 0.217 e. The van der Waals surface area contributed by atoms with Crippen LogP contribution in [0.1, 0.15) is 5.69 Å². The Morgan fingerprint density at radius 3 is 2.46 bits per heavy atom. The fourth-order valence-electron chi connectivity index (χ4n) is 3.02. The maximum absolute atomic E-state index is 9.62. The molecule has 0 atom stereocenters. The van der Waals surface area contributed by atoms with Crippen molar-refractivity contribution in [3.8, 4) is 23.0 Å². The van der Waals surface area contributed by atoms with Gasteiger partial charge in [-0.25, -0.2) is 4.98 Å². The summed E-state index contributed by atoms with van der Waals surface area (Å²) in [7, 11) is 0. The second-order valence-corrected chi connectivity index (χ2v) is 6.60. The monoisotopic (exact) mass is 375 g/mol. The number of hydrogen-bond acceptors (Lipinski definition) is 5. The summed E-state index contributed by atoms with van der Waals surface area (Å²) in [5.74, 6) is 1.44. The zero-order valence-electron chi connectivity index (χ0n) is 16.1. The van der Waals surface area contributed by atoms with Crippen molar-refractivity contribution in [3.63, 3.8) is 0 Å². The van der Waals surface area contributed by atoms with Crippen molar-refractivity contribution < 1.29 is 9.84 Å². The Morgan fingerprint density at radius 1 is 1.00 bits per heavy atom. The van der Waals surface area contributed by atoms with Crippen LogP contribution in [0.25, 0.3) is 22.2 Å². The minimum absolute atomic E-state index is 0.254. The van der Waals surface area contributed by atoms with E-state index in [1.54, 1.807) is 12.1 Å². The van der Waals surface area contributed by atoms with Gasteiger partial charge in [-0.3, -0.25) is 4.90 Å². The van der Waals surface area contributed by atoms with Crippen molar-refractivity contribution in [2.75, 3.05) is 26.2 Å². The van der Waals surface area contributed by atoms with Crippen molar-refractivity contribution >= 4 is 10.8 Å². The molecule has 0 saturated heterocycles. The molecule has 28 heavy (non-hydrogen) atoms. The number of fused-ring (bicyclic) bond motifs is 1. The Labute approximate surface area is 165 Å². The van der Waals surface area contributed by atoms with Gasteiger partial charge in [-0.15, -0.1) is 13.2 Å². The van der Waals surface area contributed by atoms with Crippen molar-refractivity contribution in [2.24, 2.45) is 0 Å². The van der Waals surface area contributed by atoms with E-state index in [2.05, 4.69) is 28.0 Å². The second-order valence-electron chi connectivity index (χ2n) is 6.60. The molecule has 0 spiro atoms. The molecule has 0 bridgehead atoms. The lowest BCUT2D eigenvalue weighted by atomic mass is 10.1. The van der Waals surface area contributed by atoms with E-state index < -0.39 is 0 Å². The van der Waals surface area contributed by atoms with Crippen molar-refractivity contribution in [1.29, 1.82) is 0 Å². The SMILES string of the molecule is C=CCN(CC=C)CCOc1cc(C)nc(-c2ccc3cc(O)ccc3c2)n1. The topological polar surface area (TPSA) is 58.5 Å². The lowest BCUT2D eigenvalue weighted by Gasteiger charge is -2.18. The highest BCUT2D eigenvalue weighted by Crippen LogP contribution is 2.26. The summed E-state index contributed by atoms with van der Waals surface area (Å²) in [5.41, 5.74) is 1.76. The van der Waals surface area contributed by atoms with Crippen molar-refractivity contribution in [2.45, 2.75) is 6.92 Å². The van der Waals surface area contributed by atoms with Gasteiger partial charge in [0.05, 0.1) is 0 Å². The summed E-state index contributed by atoms with van der Waals surface area (Å²) < 4.78 is 5.88. The molecule has 1 N–H and O–H groups in total. The summed E-state index contributed by atoms with van der Waals surface area (Å²) >= 11 is 0. The van der Waals surface area contributed by atoms with Gasteiger partial charge in [0.1, 0.15) is 12.4 Å². The molecule has 2 aromatic carbocycles. The van der Waals surface area contributed by atoms with Crippen LogP contribution < -0.4 is 4.74 Å². The van der Waals surface area contributed by atoms with E-state index in [4.69, 9.17) is 4.74 Å². The highest BCUT2D eigenvalue weighted by molar-refractivity contribution is 5.87. The molecule has 0 fully saturated rings. The Hall–Kier alpha value is -3.18. The fraction of sp³-hybridized carbons (Fsp3) is 0.217. The number of ether oxygens (including phenoxy) is 1. The van der Waals surface area contributed by atoms with Gasteiger partial charge in [0.15, 0.2) is 5.82 Å². The summed E-state index contributed by atoms with van der Waals surface area (Å²) in [6.45, 7) is 12.3.